The Morgan fingerprint density at radius 1 is 1.06 bits per heavy atom. The molecule has 0 bridgehead atoms. The molecule has 0 N–H and O–H groups in total. The number of carbonyl (C=O) groups excluding carboxylic acids is 1. The van der Waals surface area contributed by atoms with E-state index in [1.807, 2.05) is 93.6 Å². The van der Waals surface area contributed by atoms with Gasteiger partial charge in [-0.15, -0.1) is 0 Å². The van der Waals surface area contributed by atoms with Crippen molar-refractivity contribution in [2.45, 2.75) is 33.4 Å². The maximum absolute atomic E-state index is 13.1. The minimum absolute atomic E-state index is 0.00200. The van der Waals surface area contributed by atoms with E-state index in [9.17, 15) is 10.1 Å². The second kappa shape index (κ2) is 10.4. The van der Waals surface area contributed by atoms with E-state index in [1.54, 1.807) is 11.0 Å². The molecule has 1 aliphatic rings. The van der Waals surface area contributed by atoms with E-state index >= 15 is 0 Å². The summed E-state index contributed by atoms with van der Waals surface area (Å²) in [5.74, 6) is 0.657. The minimum Gasteiger partial charge on any atom is -0.489 e. The first-order valence-electron chi connectivity index (χ1n) is 11.0. The van der Waals surface area contributed by atoms with Crippen LogP contribution in [0.2, 0.25) is 0 Å². The van der Waals surface area contributed by atoms with Crippen LogP contribution in [0.3, 0.4) is 0 Å². The lowest BCUT2D eigenvalue weighted by Gasteiger charge is -2.19. The zero-order valence-corrected chi connectivity index (χ0v) is 20.2. The van der Waals surface area contributed by atoms with Gasteiger partial charge in [0.25, 0.3) is 5.91 Å². The van der Waals surface area contributed by atoms with Crippen LogP contribution in [0.4, 0.5) is 5.69 Å². The molecule has 4 rings (SSSR count). The average Bonchev–Trinajstić information content (AvgIpc) is 3.14. The summed E-state index contributed by atoms with van der Waals surface area (Å²) in [6, 6.07) is 25.1. The number of ether oxygens (including phenoxy) is 1. The highest BCUT2D eigenvalue weighted by atomic mass is 32.2. The van der Waals surface area contributed by atoms with Crippen LogP contribution >= 0.6 is 11.8 Å². The van der Waals surface area contributed by atoms with Crippen LogP contribution in [0.25, 0.3) is 6.08 Å². The number of aliphatic imine (C=N–C) groups is 1. The van der Waals surface area contributed by atoms with E-state index in [-0.39, 0.29) is 11.9 Å². The van der Waals surface area contributed by atoms with Crippen molar-refractivity contribution in [2.24, 2.45) is 4.99 Å². The zero-order valence-electron chi connectivity index (χ0n) is 19.4. The first kappa shape index (κ1) is 23.3. The van der Waals surface area contributed by atoms with Crippen molar-refractivity contribution in [2.75, 3.05) is 0 Å². The molecule has 0 aromatic heterocycles. The third kappa shape index (κ3) is 5.38. The van der Waals surface area contributed by atoms with Crippen LogP contribution in [0.15, 0.2) is 82.7 Å². The number of hydrogen-bond acceptors (Lipinski definition) is 5. The number of rotatable bonds is 6. The molecule has 3 aromatic carbocycles. The number of benzene rings is 3. The van der Waals surface area contributed by atoms with Crippen LogP contribution in [0.5, 0.6) is 5.75 Å². The molecule has 0 unspecified atom stereocenters. The standard InChI is InChI=1S/C28H25N3O2S/c1-19(2)31-27(32)26(34-28(31)30-24-12-8-20(3)9-13-24)16-21-10-14-25(15-11-21)33-18-23-7-5-4-6-22(23)17-29/h4-16,19H,18H2,1-3H3/b26-16+,30-28?. The molecule has 1 aliphatic heterocycles. The minimum atomic E-state index is -0.0423. The van der Waals surface area contributed by atoms with Crippen LogP contribution < -0.4 is 4.74 Å². The van der Waals surface area contributed by atoms with Gasteiger partial charge in [0, 0.05) is 11.6 Å². The van der Waals surface area contributed by atoms with Crippen LogP contribution in [0, 0.1) is 18.3 Å². The molecule has 0 aliphatic carbocycles. The van der Waals surface area contributed by atoms with Crippen molar-refractivity contribution in [1.82, 2.24) is 4.90 Å². The highest BCUT2D eigenvalue weighted by molar-refractivity contribution is 8.18. The number of amides is 1. The van der Waals surface area contributed by atoms with Crippen molar-refractivity contribution in [3.8, 4) is 11.8 Å². The summed E-state index contributed by atoms with van der Waals surface area (Å²) >= 11 is 1.39. The van der Waals surface area contributed by atoms with E-state index < -0.39 is 0 Å². The number of hydrogen-bond donors (Lipinski definition) is 0. The van der Waals surface area contributed by atoms with Gasteiger partial charge in [-0.25, -0.2) is 4.99 Å². The van der Waals surface area contributed by atoms with Gasteiger partial charge < -0.3 is 4.74 Å². The molecular weight excluding hydrogens is 442 g/mol. The average molecular weight is 468 g/mol. The molecule has 3 aromatic rings. The molecule has 34 heavy (non-hydrogen) atoms. The van der Waals surface area contributed by atoms with Crippen molar-refractivity contribution in [1.29, 1.82) is 5.26 Å². The first-order valence-corrected chi connectivity index (χ1v) is 11.9. The largest absolute Gasteiger partial charge is 0.489 e. The molecule has 1 fully saturated rings. The van der Waals surface area contributed by atoms with Gasteiger partial charge in [0.15, 0.2) is 5.17 Å². The van der Waals surface area contributed by atoms with E-state index in [2.05, 4.69) is 6.07 Å². The third-order valence-corrected chi connectivity index (χ3v) is 6.30. The molecule has 0 atom stereocenters. The summed E-state index contributed by atoms with van der Waals surface area (Å²) < 4.78 is 5.85. The Hall–Kier alpha value is -3.82. The molecule has 1 saturated heterocycles. The lowest BCUT2D eigenvalue weighted by Crippen LogP contribution is -2.35. The van der Waals surface area contributed by atoms with Crippen molar-refractivity contribution < 1.29 is 9.53 Å². The Kier molecular flexibility index (Phi) is 7.15. The predicted octanol–water partition coefficient (Wildman–Crippen LogP) is 6.46. The highest BCUT2D eigenvalue weighted by Crippen LogP contribution is 2.35. The fraction of sp³-hybridized carbons (Fsp3) is 0.179. The second-order valence-corrected chi connectivity index (χ2v) is 9.25. The van der Waals surface area contributed by atoms with Crippen LogP contribution in [0.1, 0.15) is 36.1 Å². The molecule has 0 radical (unpaired) electrons. The monoisotopic (exact) mass is 467 g/mol. The van der Waals surface area contributed by atoms with Gasteiger partial charge in [-0.1, -0.05) is 48.0 Å². The van der Waals surface area contributed by atoms with Gasteiger partial charge in [0.05, 0.1) is 22.2 Å². The molecule has 5 nitrogen and oxygen atoms in total. The number of nitriles is 1. The highest BCUT2D eigenvalue weighted by Gasteiger charge is 2.35. The Labute approximate surface area is 204 Å². The molecule has 0 spiro atoms. The van der Waals surface area contributed by atoms with Gasteiger partial charge in [-0.05, 0) is 74.5 Å². The van der Waals surface area contributed by atoms with E-state index in [0.29, 0.717) is 28.0 Å². The van der Waals surface area contributed by atoms with Crippen LogP contribution in [-0.2, 0) is 11.4 Å². The Morgan fingerprint density at radius 2 is 1.76 bits per heavy atom. The normalized spacial score (nSPS) is 15.9. The summed E-state index contributed by atoms with van der Waals surface area (Å²) in [7, 11) is 0. The van der Waals surface area contributed by atoms with Crippen LogP contribution in [-0.4, -0.2) is 22.0 Å². The predicted molar refractivity (Wildman–Crippen MR) is 138 cm³/mol. The molecule has 0 saturated carbocycles. The number of thioether (sulfide) groups is 1. The second-order valence-electron chi connectivity index (χ2n) is 8.24. The Morgan fingerprint density at radius 3 is 2.44 bits per heavy atom. The molecule has 6 heteroatoms. The maximum Gasteiger partial charge on any atom is 0.266 e. The lowest BCUT2D eigenvalue weighted by molar-refractivity contribution is -0.123. The summed E-state index contributed by atoms with van der Waals surface area (Å²) in [6.07, 6.45) is 1.88. The van der Waals surface area contributed by atoms with E-state index in [1.165, 1.54) is 17.3 Å². The van der Waals surface area contributed by atoms with Crippen molar-refractivity contribution in [3.05, 3.63) is 100.0 Å². The van der Waals surface area contributed by atoms with E-state index in [4.69, 9.17) is 9.73 Å². The first-order chi connectivity index (χ1) is 16.4. The summed E-state index contributed by atoms with van der Waals surface area (Å²) in [5, 5.41) is 9.91. The topological polar surface area (TPSA) is 65.7 Å². The smallest absolute Gasteiger partial charge is 0.266 e. The maximum atomic E-state index is 13.1. The molecule has 1 heterocycles. The van der Waals surface area contributed by atoms with Gasteiger partial charge in [0.1, 0.15) is 12.4 Å². The lowest BCUT2D eigenvalue weighted by atomic mass is 10.1. The fourth-order valence-electron chi connectivity index (χ4n) is 3.48. The summed E-state index contributed by atoms with van der Waals surface area (Å²) in [5.41, 5.74) is 4.35. The number of aryl methyl sites for hydroxylation is 1. The Bertz CT molecular complexity index is 1290. The van der Waals surface area contributed by atoms with E-state index in [0.717, 1.165) is 16.8 Å². The number of nitrogens with zero attached hydrogens (tertiary/aromatic N) is 3. The third-order valence-electron chi connectivity index (χ3n) is 5.32. The molecule has 1 amide bonds. The number of amidine groups is 1. The van der Waals surface area contributed by atoms with Gasteiger partial charge >= 0.3 is 0 Å². The SMILES string of the molecule is Cc1ccc(N=C2S/C(=C/c3ccc(OCc4ccccc4C#N)cc3)C(=O)N2C(C)C)cc1. The summed E-state index contributed by atoms with van der Waals surface area (Å²) in [6.45, 7) is 6.33. The van der Waals surface area contributed by atoms with Gasteiger partial charge in [-0.2, -0.15) is 5.26 Å². The van der Waals surface area contributed by atoms with Crippen molar-refractivity contribution >= 4 is 34.6 Å². The molecular formula is C28H25N3O2S. The zero-order chi connectivity index (χ0) is 24.1. The Balaban J connectivity index is 1.50. The quantitative estimate of drug-likeness (QED) is 0.390. The summed E-state index contributed by atoms with van der Waals surface area (Å²) in [4.78, 5) is 20.2. The van der Waals surface area contributed by atoms with Gasteiger partial charge in [0.2, 0.25) is 0 Å². The fourth-order valence-corrected chi connectivity index (χ4v) is 4.60. The number of carbonyl (C=O) groups is 1. The van der Waals surface area contributed by atoms with Gasteiger partial charge in [-0.3, -0.25) is 9.69 Å². The van der Waals surface area contributed by atoms with Crippen molar-refractivity contribution in [3.63, 3.8) is 0 Å². The molecule has 170 valence electrons.